The molecule has 1 aliphatic carbocycles. The second-order valence-corrected chi connectivity index (χ2v) is 6.27. The Morgan fingerprint density at radius 3 is 2.38 bits per heavy atom. The zero-order valence-electron chi connectivity index (χ0n) is 13.0. The third-order valence-corrected chi connectivity index (χ3v) is 4.37. The summed E-state index contributed by atoms with van der Waals surface area (Å²) in [5, 5.41) is 11.1. The average molecular weight is 287 g/mol. The molecule has 114 valence electrons. The Kier molecular flexibility index (Phi) is 5.27. The quantitative estimate of drug-likeness (QED) is 0.845. The van der Waals surface area contributed by atoms with Crippen LogP contribution in [0.25, 0.3) is 0 Å². The molecule has 0 amide bonds. The number of ether oxygens (including phenoxy) is 1. The van der Waals surface area contributed by atoms with Crippen molar-refractivity contribution < 1.29 is 9.84 Å². The molecule has 1 fully saturated rings. The SMILES string of the molecule is C#COc1ccc(C(CN(C)C)C2(O)CCCCC2)cc1. The van der Waals surface area contributed by atoms with Gasteiger partial charge in [0.05, 0.1) is 5.60 Å². The molecule has 21 heavy (non-hydrogen) atoms. The minimum absolute atomic E-state index is 0.118. The first-order valence-corrected chi connectivity index (χ1v) is 7.65. The molecule has 0 heterocycles. The van der Waals surface area contributed by atoms with E-state index in [0.29, 0.717) is 5.75 Å². The van der Waals surface area contributed by atoms with Crippen LogP contribution in [0.2, 0.25) is 0 Å². The Morgan fingerprint density at radius 1 is 1.24 bits per heavy atom. The second-order valence-electron chi connectivity index (χ2n) is 6.27. The maximum Gasteiger partial charge on any atom is 0.140 e. The lowest BCUT2D eigenvalue weighted by Crippen LogP contribution is -2.42. The Labute approximate surface area is 127 Å². The van der Waals surface area contributed by atoms with Gasteiger partial charge in [-0.1, -0.05) is 37.8 Å². The van der Waals surface area contributed by atoms with Gasteiger partial charge in [-0.15, -0.1) is 0 Å². The third kappa shape index (κ3) is 4.00. The van der Waals surface area contributed by atoms with Crippen LogP contribution in [-0.2, 0) is 0 Å². The molecule has 2 rings (SSSR count). The molecule has 1 aromatic carbocycles. The van der Waals surface area contributed by atoms with E-state index >= 15 is 0 Å². The summed E-state index contributed by atoms with van der Waals surface area (Å²) in [7, 11) is 4.10. The van der Waals surface area contributed by atoms with Crippen molar-refractivity contribution in [2.75, 3.05) is 20.6 Å². The fraction of sp³-hybridized carbons (Fsp3) is 0.556. The van der Waals surface area contributed by atoms with Gasteiger partial charge in [-0.25, -0.2) is 0 Å². The van der Waals surface area contributed by atoms with E-state index in [1.165, 1.54) is 6.42 Å². The minimum atomic E-state index is -0.600. The minimum Gasteiger partial charge on any atom is -0.408 e. The highest BCUT2D eigenvalue weighted by Gasteiger charge is 2.38. The predicted molar refractivity (Wildman–Crippen MR) is 85.2 cm³/mol. The molecule has 3 nitrogen and oxygen atoms in total. The highest BCUT2D eigenvalue weighted by Crippen LogP contribution is 2.40. The summed E-state index contributed by atoms with van der Waals surface area (Å²) < 4.78 is 5.05. The standard InChI is InChI=1S/C18H25NO2/c1-4-21-16-10-8-15(9-11-16)17(14-19(2)3)18(20)12-6-5-7-13-18/h1,8-11,17,20H,5-7,12-14H2,2-3H3. The fourth-order valence-electron chi connectivity index (χ4n) is 3.30. The molecular formula is C18H25NO2. The topological polar surface area (TPSA) is 32.7 Å². The number of rotatable bonds is 5. The Morgan fingerprint density at radius 2 is 1.86 bits per heavy atom. The maximum atomic E-state index is 11.1. The molecule has 3 heteroatoms. The largest absolute Gasteiger partial charge is 0.408 e. The lowest BCUT2D eigenvalue weighted by Gasteiger charge is -2.40. The molecular weight excluding hydrogens is 262 g/mol. The van der Waals surface area contributed by atoms with Crippen LogP contribution in [0.4, 0.5) is 0 Å². The number of benzene rings is 1. The summed E-state index contributed by atoms with van der Waals surface area (Å²) in [4.78, 5) is 2.14. The van der Waals surface area contributed by atoms with Crippen molar-refractivity contribution in [3.8, 4) is 18.3 Å². The summed E-state index contributed by atoms with van der Waals surface area (Å²) in [6, 6.07) is 7.80. The van der Waals surface area contributed by atoms with E-state index in [9.17, 15) is 5.11 Å². The van der Waals surface area contributed by atoms with Gasteiger partial charge in [-0.05, 0) is 44.6 Å². The van der Waals surface area contributed by atoms with Crippen LogP contribution < -0.4 is 4.74 Å². The molecule has 1 aliphatic rings. The van der Waals surface area contributed by atoms with Gasteiger partial charge in [-0.3, -0.25) is 0 Å². The van der Waals surface area contributed by atoms with E-state index in [2.05, 4.69) is 25.1 Å². The average Bonchev–Trinajstić information content (AvgIpc) is 2.47. The highest BCUT2D eigenvalue weighted by atomic mass is 16.5. The lowest BCUT2D eigenvalue weighted by atomic mass is 9.72. The Hall–Kier alpha value is -1.50. The van der Waals surface area contributed by atoms with E-state index in [-0.39, 0.29) is 5.92 Å². The van der Waals surface area contributed by atoms with Gasteiger partial charge in [0.25, 0.3) is 0 Å². The van der Waals surface area contributed by atoms with Gasteiger partial charge in [0.1, 0.15) is 11.9 Å². The molecule has 1 N–H and O–H groups in total. The normalized spacial score (nSPS) is 19.0. The van der Waals surface area contributed by atoms with Crippen molar-refractivity contribution in [3.05, 3.63) is 29.8 Å². The summed E-state index contributed by atoms with van der Waals surface area (Å²) in [6.45, 7) is 0.839. The van der Waals surface area contributed by atoms with Crippen molar-refractivity contribution in [2.45, 2.75) is 43.6 Å². The molecule has 0 aromatic heterocycles. The van der Waals surface area contributed by atoms with Gasteiger partial charge in [-0.2, -0.15) is 0 Å². The number of hydrogen-bond acceptors (Lipinski definition) is 3. The van der Waals surface area contributed by atoms with E-state index in [1.807, 2.05) is 24.3 Å². The third-order valence-electron chi connectivity index (χ3n) is 4.37. The van der Waals surface area contributed by atoms with Gasteiger partial charge < -0.3 is 14.7 Å². The zero-order valence-corrected chi connectivity index (χ0v) is 13.0. The molecule has 0 aliphatic heterocycles. The molecule has 1 unspecified atom stereocenters. The maximum absolute atomic E-state index is 11.1. The molecule has 0 radical (unpaired) electrons. The van der Waals surface area contributed by atoms with Crippen molar-refractivity contribution in [2.24, 2.45) is 0 Å². The zero-order chi connectivity index (χ0) is 15.3. The Balaban J connectivity index is 2.24. The van der Waals surface area contributed by atoms with Crippen LogP contribution in [0.15, 0.2) is 24.3 Å². The summed E-state index contributed by atoms with van der Waals surface area (Å²) in [6.07, 6.45) is 12.5. The summed E-state index contributed by atoms with van der Waals surface area (Å²) >= 11 is 0. The van der Waals surface area contributed by atoms with Crippen molar-refractivity contribution in [3.63, 3.8) is 0 Å². The van der Waals surface area contributed by atoms with Gasteiger partial charge >= 0.3 is 0 Å². The second kappa shape index (κ2) is 6.98. The first kappa shape index (κ1) is 15.9. The summed E-state index contributed by atoms with van der Waals surface area (Å²) in [5.41, 5.74) is 0.550. The first-order valence-electron chi connectivity index (χ1n) is 7.65. The Bertz CT molecular complexity index is 481. The highest BCUT2D eigenvalue weighted by molar-refractivity contribution is 5.32. The van der Waals surface area contributed by atoms with Crippen LogP contribution in [0, 0.1) is 12.5 Å². The van der Waals surface area contributed by atoms with E-state index in [0.717, 1.165) is 37.8 Å². The molecule has 1 saturated carbocycles. The van der Waals surface area contributed by atoms with Gasteiger partial charge in [0.15, 0.2) is 0 Å². The smallest absolute Gasteiger partial charge is 0.140 e. The van der Waals surface area contributed by atoms with Crippen molar-refractivity contribution >= 4 is 0 Å². The van der Waals surface area contributed by atoms with E-state index < -0.39 is 5.60 Å². The lowest BCUT2D eigenvalue weighted by molar-refractivity contribution is -0.0277. The van der Waals surface area contributed by atoms with Crippen molar-refractivity contribution in [1.82, 2.24) is 4.90 Å². The number of hydrogen-bond donors (Lipinski definition) is 1. The van der Waals surface area contributed by atoms with Crippen LogP contribution in [0.5, 0.6) is 5.75 Å². The molecule has 1 atom stereocenters. The van der Waals surface area contributed by atoms with Crippen LogP contribution in [-0.4, -0.2) is 36.2 Å². The monoisotopic (exact) mass is 287 g/mol. The molecule has 1 aromatic rings. The molecule has 0 spiro atoms. The van der Waals surface area contributed by atoms with Crippen LogP contribution >= 0.6 is 0 Å². The van der Waals surface area contributed by atoms with Crippen LogP contribution in [0.1, 0.15) is 43.6 Å². The molecule has 0 saturated heterocycles. The van der Waals surface area contributed by atoms with Gasteiger partial charge in [0.2, 0.25) is 0 Å². The number of likely N-dealkylation sites (N-methyl/N-ethyl adjacent to an activating group) is 1. The number of aliphatic hydroxyl groups is 1. The van der Waals surface area contributed by atoms with Gasteiger partial charge in [0, 0.05) is 12.5 Å². The predicted octanol–water partition coefficient (Wildman–Crippen LogP) is 3.00. The summed E-state index contributed by atoms with van der Waals surface area (Å²) in [5.74, 6) is 0.785. The van der Waals surface area contributed by atoms with Crippen LogP contribution in [0.3, 0.4) is 0 Å². The van der Waals surface area contributed by atoms with E-state index in [4.69, 9.17) is 11.2 Å². The fourth-order valence-corrected chi connectivity index (χ4v) is 3.30. The number of terminal acetylenes is 1. The van der Waals surface area contributed by atoms with E-state index in [1.54, 1.807) is 0 Å². The molecule has 0 bridgehead atoms. The first-order chi connectivity index (χ1) is 10.0. The van der Waals surface area contributed by atoms with Crippen molar-refractivity contribution in [1.29, 1.82) is 0 Å². The number of nitrogens with zero attached hydrogens (tertiary/aromatic N) is 1.